The number of rotatable bonds is 4. The van der Waals surface area contributed by atoms with Crippen molar-refractivity contribution in [1.29, 1.82) is 0 Å². The Balaban J connectivity index is 2.67. The van der Waals surface area contributed by atoms with Crippen LogP contribution in [0.5, 0.6) is 11.5 Å². The molecule has 1 aliphatic carbocycles. The second-order valence-electron chi connectivity index (χ2n) is 4.71. The van der Waals surface area contributed by atoms with E-state index in [9.17, 15) is 4.79 Å². The molecule has 0 aliphatic heterocycles. The van der Waals surface area contributed by atoms with Gasteiger partial charge in [0, 0.05) is 5.56 Å². The Hall–Kier alpha value is -1.51. The van der Waals surface area contributed by atoms with Gasteiger partial charge >= 0.3 is 0 Å². The molecule has 1 aliphatic rings. The predicted molar refractivity (Wildman–Crippen MR) is 72.9 cm³/mol. The first-order chi connectivity index (χ1) is 9.09. The maximum atomic E-state index is 10.7. The van der Waals surface area contributed by atoms with Crippen LogP contribution in [-0.4, -0.2) is 20.3 Å². The molecule has 0 aromatic heterocycles. The van der Waals surface area contributed by atoms with Gasteiger partial charge in [0.05, 0.1) is 19.2 Å². The van der Waals surface area contributed by atoms with Crippen LogP contribution in [0, 0.1) is 6.92 Å². The first kappa shape index (κ1) is 13.9. The minimum Gasteiger partial charge on any atom is -0.493 e. The Morgan fingerprint density at radius 3 is 2.47 bits per heavy atom. The number of ether oxygens (including phenoxy) is 2. The molecule has 0 amide bonds. The maximum Gasteiger partial charge on any atom is 0.235 e. The molecule has 0 saturated heterocycles. The molecule has 0 atom stereocenters. The summed E-state index contributed by atoms with van der Waals surface area (Å²) in [7, 11) is 3.11. The molecule has 2 rings (SSSR count). The van der Waals surface area contributed by atoms with E-state index in [1.165, 1.54) is 0 Å². The van der Waals surface area contributed by atoms with Crippen molar-refractivity contribution in [3.63, 3.8) is 0 Å². The normalized spacial score (nSPS) is 16.2. The van der Waals surface area contributed by atoms with E-state index in [4.69, 9.17) is 21.1 Å². The molecule has 1 aromatic carbocycles. The highest BCUT2D eigenvalue weighted by Gasteiger charge is 2.42. The molecule has 0 N–H and O–H groups in total. The molecule has 1 fully saturated rings. The average Bonchev–Trinajstić information content (AvgIpc) is 2.34. The van der Waals surface area contributed by atoms with Crippen LogP contribution in [0.15, 0.2) is 11.1 Å². The van der Waals surface area contributed by atoms with Crippen LogP contribution < -0.4 is 9.47 Å². The molecule has 0 heterocycles. The summed E-state index contributed by atoms with van der Waals surface area (Å²) in [6.07, 6.45) is 4.30. The Kier molecular flexibility index (Phi) is 3.83. The third kappa shape index (κ3) is 2.11. The molecule has 0 radical (unpaired) electrons. The minimum atomic E-state index is -0.539. The summed E-state index contributed by atoms with van der Waals surface area (Å²) in [5.74, 6) is 1.07. The van der Waals surface area contributed by atoms with E-state index >= 15 is 0 Å². The Morgan fingerprint density at radius 1 is 1.37 bits per heavy atom. The molecule has 5 heteroatoms. The quantitative estimate of drug-likeness (QED) is 0.628. The zero-order valence-corrected chi connectivity index (χ0v) is 12.0. The van der Waals surface area contributed by atoms with E-state index in [1.54, 1.807) is 20.3 Å². The Labute approximate surface area is 117 Å². The smallest absolute Gasteiger partial charge is 0.235 e. The topological polar surface area (TPSA) is 47.9 Å². The van der Waals surface area contributed by atoms with Crippen molar-refractivity contribution in [2.45, 2.75) is 31.7 Å². The fourth-order valence-corrected chi connectivity index (χ4v) is 3.15. The lowest BCUT2D eigenvalue weighted by atomic mass is 9.71. The van der Waals surface area contributed by atoms with Crippen molar-refractivity contribution in [3.05, 3.63) is 22.2 Å². The van der Waals surface area contributed by atoms with Gasteiger partial charge in [-0.15, -0.1) is 0 Å². The number of hydrogen-bond donors (Lipinski definition) is 0. The predicted octanol–water partition coefficient (Wildman–Crippen LogP) is 3.38. The lowest BCUT2D eigenvalue weighted by molar-refractivity contribution is 0.253. The molecule has 0 spiro atoms. The van der Waals surface area contributed by atoms with Crippen LogP contribution in [-0.2, 0) is 10.3 Å². The molecular weight excluding hydrogens is 266 g/mol. The van der Waals surface area contributed by atoms with E-state index in [0.717, 1.165) is 30.4 Å². The zero-order chi connectivity index (χ0) is 14.0. The maximum absolute atomic E-state index is 10.7. The van der Waals surface area contributed by atoms with Gasteiger partial charge in [0.15, 0.2) is 11.5 Å². The number of isocyanates is 1. The van der Waals surface area contributed by atoms with Crippen molar-refractivity contribution >= 4 is 17.7 Å². The third-order valence-electron chi connectivity index (χ3n) is 3.71. The van der Waals surface area contributed by atoms with E-state index in [2.05, 4.69) is 4.99 Å². The summed E-state index contributed by atoms with van der Waals surface area (Å²) in [6.45, 7) is 1.93. The number of aliphatic imine (C=N–C) groups is 1. The summed E-state index contributed by atoms with van der Waals surface area (Å²) >= 11 is 6.44. The number of nitrogens with zero attached hydrogens (tertiary/aromatic N) is 1. The lowest BCUT2D eigenvalue weighted by Crippen LogP contribution is -2.33. The standard InChI is InChI=1S/C14H16ClNO3/c1-9-7-10(18-2)13(19-3)12(15)11(9)14(16-8-17)5-4-6-14/h7H,4-6H2,1-3H3. The van der Waals surface area contributed by atoms with Crippen LogP contribution in [0.4, 0.5) is 0 Å². The highest BCUT2D eigenvalue weighted by molar-refractivity contribution is 6.33. The van der Waals surface area contributed by atoms with Crippen molar-refractivity contribution in [2.24, 2.45) is 4.99 Å². The van der Waals surface area contributed by atoms with Crippen LogP contribution in [0.25, 0.3) is 0 Å². The highest BCUT2D eigenvalue weighted by atomic mass is 35.5. The van der Waals surface area contributed by atoms with Crippen molar-refractivity contribution < 1.29 is 14.3 Å². The number of methoxy groups -OCH3 is 2. The van der Waals surface area contributed by atoms with E-state index in [1.807, 2.05) is 13.0 Å². The fourth-order valence-electron chi connectivity index (χ4n) is 2.66. The van der Waals surface area contributed by atoms with Gasteiger partial charge in [-0.25, -0.2) is 4.79 Å². The number of halogens is 1. The Bertz CT molecular complexity index is 546. The van der Waals surface area contributed by atoms with Gasteiger partial charge in [0.1, 0.15) is 5.54 Å². The van der Waals surface area contributed by atoms with Crippen molar-refractivity contribution in [2.75, 3.05) is 14.2 Å². The zero-order valence-electron chi connectivity index (χ0n) is 11.2. The van der Waals surface area contributed by atoms with Gasteiger partial charge in [-0.3, -0.25) is 0 Å². The molecule has 1 aromatic rings. The van der Waals surface area contributed by atoms with Gasteiger partial charge in [-0.05, 0) is 37.8 Å². The minimum absolute atomic E-state index is 0.470. The number of benzene rings is 1. The van der Waals surface area contributed by atoms with Crippen molar-refractivity contribution in [1.82, 2.24) is 0 Å². The molecule has 0 unspecified atom stereocenters. The lowest BCUT2D eigenvalue weighted by Gasteiger charge is -2.39. The monoisotopic (exact) mass is 281 g/mol. The summed E-state index contributed by atoms with van der Waals surface area (Å²) < 4.78 is 10.6. The van der Waals surface area contributed by atoms with Gasteiger partial charge in [-0.1, -0.05) is 11.6 Å². The SMILES string of the molecule is COc1cc(C)c(C2(N=C=O)CCC2)c(Cl)c1OC. The van der Waals surface area contributed by atoms with Crippen LogP contribution in [0.1, 0.15) is 30.4 Å². The molecule has 102 valence electrons. The van der Waals surface area contributed by atoms with Crippen LogP contribution in [0.3, 0.4) is 0 Å². The van der Waals surface area contributed by atoms with Gasteiger partial charge in [0.2, 0.25) is 6.08 Å². The molecule has 1 saturated carbocycles. The third-order valence-corrected chi connectivity index (χ3v) is 4.07. The summed E-state index contributed by atoms with van der Waals surface area (Å²) in [5.41, 5.74) is 1.26. The van der Waals surface area contributed by atoms with E-state index in [0.29, 0.717) is 16.5 Å². The Morgan fingerprint density at radius 2 is 2.05 bits per heavy atom. The van der Waals surface area contributed by atoms with Crippen LogP contribution >= 0.6 is 11.6 Å². The molecular formula is C14H16ClNO3. The molecule has 0 bridgehead atoms. The summed E-state index contributed by atoms with van der Waals surface area (Å²) in [5, 5.41) is 0.470. The second-order valence-corrected chi connectivity index (χ2v) is 5.08. The number of hydrogen-bond acceptors (Lipinski definition) is 4. The van der Waals surface area contributed by atoms with Crippen LogP contribution in [0.2, 0.25) is 5.02 Å². The summed E-state index contributed by atoms with van der Waals surface area (Å²) in [4.78, 5) is 14.7. The number of aryl methyl sites for hydroxylation is 1. The first-order valence-corrected chi connectivity index (χ1v) is 6.48. The van der Waals surface area contributed by atoms with E-state index < -0.39 is 5.54 Å². The molecule has 4 nitrogen and oxygen atoms in total. The number of carbonyl (C=O) groups excluding carboxylic acids is 1. The average molecular weight is 282 g/mol. The van der Waals surface area contributed by atoms with Gasteiger partial charge < -0.3 is 9.47 Å². The largest absolute Gasteiger partial charge is 0.493 e. The van der Waals surface area contributed by atoms with Gasteiger partial charge in [-0.2, -0.15) is 4.99 Å². The van der Waals surface area contributed by atoms with Crippen molar-refractivity contribution in [3.8, 4) is 11.5 Å². The molecule has 19 heavy (non-hydrogen) atoms. The van der Waals surface area contributed by atoms with Gasteiger partial charge in [0.25, 0.3) is 0 Å². The van der Waals surface area contributed by atoms with E-state index in [-0.39, 0.29) is 0 Å². The fraction of sp³-hybridized carbons (Fsp3) is 0.500. The highest BCUT2D eigenvalue weighted by Crippen LogP contribution is 2.52. The second kappa shape index (κ2) is 5.24. The summed E-state index contributed by atoms with van der Waals surface area (Å²) in [6, 6.07) is 1.86. The first-order valence-electron chi connectivity index (χ1n) is 6.10.